The number of amidine groups is 1. The summed E-state index contributed by atoms with van der Waals surface area (Å²) < 4.78 is 0. The summed E-state index contributed by atoms with van der Waals surface area (Å²) in [6, 6.07) is 5.07. The maximum Gasteiger partial charge on any atom is 0.293 e. The number of benzene rings is 1. The third-order valence-electron chi connectivity index (χ3n) is 3.34. The Morgan fingerprint density at radius 1 is 1.60 bits per heavy atom. The predicted molar refractivity (Wildman–Crippen MR) is 76.3 cm³/mol. The Morgan fingerprint density at radius 2 is 2.30 bits per heavy atom. The molecule has 3 N–H and O–H groups in total. The van der Waals surface area contributed by atoms with Gasteiger partial charge in [-0.15, -0.1) is 0 Å². The molecule has 2 rings (SSSR count). The Hall–Kier alpha value is -2.31. The highest BCUT2D eigenvalue weighted by Crippen LogP contribution is 2.37. The number of nitro groups is 1. The molecule has 1 fully saturated rings. The van der Waals surface area contributed by atoms with Crippen LogP contribution in [0.15, 0.2) is 23.4 Å². The van der Waals surface area contributed by atoms with Crippen molar-refractivity contribution >= 4 is 17.2 Å². The summed E-state index contributed by atoms with van der Waals surface area (Å²) in [6.45, 7) is 2.83. The molecule has 0 bridgehead atoms. The van der Waals surface area contributed by atoms with Gasteiger partial charge < -0.3 is 15.8 Å². The molecule has 0 amide bonds. The van der Waals surface area contributed by atoms with E-state index in [1.54, 1.807) is 12.1 Å². The van der Waals surface area contributed by atoms with Crippen LogP contribution >= 0.6 is 0 Å². The molecule has 7 nitrogen and oxygen atoms in total. The highest BCUT2D eigenvalue weighted by molar-refractivity contribution is 5.98. The van der Waals surface area contributed by atoms with Crippen molar-refractivity contribution in [2.24, 2.45) is 10.9 Å². The molecular formula is C13H18N4O3. The second-order valence-electron chi connectivity index (χ2n) is 4.87. The van der Waals surface area contributed by atoms with Crippen LogP contribution in [-0.4, -0.2) is 28.6 Å². The number of hydrogen-bond acceptors (Lipinski definition) is 5. The predicted octanol–water partition coefficient (Wildman–Crippen LogP) is 2.07. The number of anilines is 1. The lowest BCUT2D eigenvalue weighted by molar-refractivity contribution is -0.384. The molecule has 1 saturated carbocycles. The van der Waals surface area contributed by atoms with Gasteiger partial charge in [0, 0.05) is 24.2 Å². The minimum absolute atomic E-state index is 0.00514. The first-order valence-corrected chi connectivity index (χ1v) is 6.61. The van der Waals surface area contributed by atoms with Gasteiger partial charge in [-0.1, -0.05) is 12.1 Å². The van der Waals surface area contributed by atoms with Crippen molar-refractivity contribution in [1.82, 2.24) is 0 Å². The third kappa shape index (κ3) is 2.81. The fourth-order valence-electron chi connectivity index (χ4n) is 2.26. The molecule has 0 unspecified atom stereocenters. The van der Waals surface area contributed by atoms with Crippen molar-refractivity contribution in [1.29, 1.82) is 0 Å². The van der Waals surface area contributed by atoms with Crippen molar-refractivity contribution < 1.29 is 10.1 Å². The van der Waals surface area contributed by atoms with E-state index in [0.717, 1.165) is 25.8 Å². The lowest BCUT2D eigenvalue weighted by Crippen LogP contribution is -2.27. The zero-order valence-electron chi connectivity index (χ0n) is 11.3. The van der Waals surface area contributed by atoms with Gasteiger partial charge >= 0.3 is 0 Å². The fourth-order valence-corrected chi connectivity index (χ4v) is 2.26. The molecule has 0 atom stereocenters. The van der Waals surface area contributed by atoms with Gasteiger partial charge in [-0.05, 0) is 31.4 Å². The smallest absolute Gasteiger partial charge is 0.293 e. The average Bonchev–Trinajstić information content (AvgIpc) is 3.27. The van der Waals surface area contributed by atoms with E-state index in [0.29, 0.717) is 17.3 Å². The topological polar surface area (TPSA) is 105 Å². The Bertz CT molecular complexity index is 540. The van der Waals surface area contributed by atoms with E-state index in [1.807, 2.05) is 6.92 Å². The molecule has 1 aliphatic carbocycles. The first-order chi connectivity index (χ1) is 9.58. The van der Waals surface area contributed by atoms with E-state index >= 15 is 0 Å². The van der Waals surface area contributed by atoms with Crippen molar-refractivity contribution in [3.05, 3.63) is 33.9 Å². The quantitative estimate of drug-likeness (QED) is 0.272. The van der Waals surface area contributed by atoms with Gasteiger partial charge in [0.25, 0.3) is 5.69 Å². The number of oxime groups is 1. The summed E-state index contributed by atoms with van der Waals surface area (Å²) in [7, 11) is 0. The van der Waals surface area contributed by atoms with E-state index in [9.17, 15) is 10.1 Å². The first-order valence-electron chi connectivity index (χ1n) is 6.61. The maximum absolute atomic E-state index is 11.3. The number of rotatable bonds is 6. The van der Waals surface area contributed by atoms with Crippen LogP contribution in [0.3, 0.4) is 0 Å². The van der Waals surface area contributed by atoms with Crippen molar-refractivity contribution in [2.45, 2.75) is 32.2 Å². The molecule has 0 aliphatic heterocycles. The van der Waals surface area contributed by atoms with Crippen LogP contribution in [0.4, 0.5) is 11.4 Å². The van der Waals surface area contributed by atoms with Gasteiger partial charge in [0.05, 0.1) is 4.92 Å². The van der Waals surface area contributed by atoms with Gasteiger partial charge in [-0.3, -0.25) is 10.1 Å². The minimum Gasteiger partial charge on any atom is -0.409 e. The molecule has 1 aromatic carbocycles. The summed E-state index contributed by atoms with van der Waals surface area (Å²) >= 11 is 0. The van der Waals surface area contributed by atoms with E-state index < -0.39 is 4.92 Å². The summed E-state index contributed by atoms with van der Waals surface area (Å²) in [5.41, 5.74) is 6.43. The van der Waals surface area contributed by atoms with Crippen LogP contribution in [-0.2, 0) is 0 Å². The lowest BCUT2D eigenvalue weighted by Gasteiger charge is -2.24. The van der Waals surface area contributed by atoms with Crippen LogP contribution in [0.5, 0.6) is 0 Å². The molecule has 0 spiro atoms. The molecule has 1 aliphatic rings. The largest absolute Gasteiger partial charge is 0.409 e. The molecule has 0 saturated heterocycles. The molecular weight excluding hydrogens is 260 g/mol. The van der Waals surface area contributed by atoms with Crippen LogP contribution in [0, 0.1) is 10.1 Å². The zero-order valence-corrected chi connectivity index (χ0v) is 11.3. The molecule has 0 radical (unpaired) electrons. The van der Waals surface area contributed by atoms with E-state index in [-0.39, 0.29) is 11.5 Å². The Labute approximate surface area is 116 Å². The van der Waals surface area contributed by atoms with E-state index in [1.165, 1.54) is 6.07 Å². The van der Waals surface area contributed by atoms with Gasteiger partial charge in [-0.2, -0.15) is 0 Å². The third-order valence-corrected chi connectivity index (χ3v) is 3.34. The van der Waals surface area contributed by atoms with Crippen LogP contribution in [0.25, 0.3) is 0 Å². The molecule has 0 aromatic heterocycles. The van der Waals surface area contributed by atoms with Crippen LogP contribution in [0.2, 0.25) is 0 Å². The van der Waals surface area contributed by atoms with Crippen molar-refractivity contribution in [3.8, 4) is 0 Å². The van der Waals surface area contributed by atoms with Gasteiger partial charge in [0.2, 0.25) is 0 Å². The van der Waals surface area contributed by atoms with Gasteiger partial charge in [0.15, 0.2) is 5.84 Å². The van der Waals surface area contributed by atoms with Crippen LogP contribution in [0.1, 0.15) is 31.7 Å². The Balaban J connectivity index is 2.43. The maximum atomic E-state index is 11.3. The number of nitrogens with two attached hydrogens (primary N) is 1. The molecule has 1 aromatic rings. The zero-order chi connectivity index (χ0) is 14.7. The SMILES string of the molecule is CCCN(c1ccc(C(N)=NO)cc1[N+](=O)[O-])C1CC1. The summed E-state index contributed by atoms with van der Waals surface area (Å²) in [6.07, 6.45) is 3.06. The summed E-state index contributed by atoms with van der Waals surface area (Å²) in [4.78, 5) is 12.9. The van der Waals surface area contributed by atoms with Crippen LogP contribution < -0.4 is 10.6 Å². The number of hydrogen-bond donors (Lipinski definition) is 2. The van der Waals surface area contributed by atoms with Crippen molar-refractivity contribution in [3.63, 3.8) is 0 Å². The summed E-state index contributed by atoms with van der Waals surface area (Å²) in [5, 5.41) is 22.8. The van der Waals surface area contributed by atoms with E-state index in [4.69, 9.17) is 10.9 Å². The number of nitrogens with zero attached hydrogens (tertiary/aromatic N) is 3. The summed E-state index contributed by atoms with van der Waals surface area (Å²) in [5.74, 6) is -0.131. The van der Waals surface area contributed by atoms with E-state index in [2.05, 4.69) is 10.1 Å². The normalized spacial score (nSPS) is 15.2. The molecule has 20 heavy (non-hydrogen) atoms. The van der Waals surface area contributed by atoms with Gasteiger partial charge in [0.1, 0.15) is 5.69 Å². The minimum atomic E-state index is -0.422. The fraction of sp³-hybridized carbons (Fsp3) is 0.462. The van der Waals surface area contributed by atoms with Crippen molar-refractivity contribution in [2.75, 3.05) is 11.4 Å². The monoisotopic (exact) mass is 278 g/mol. The Kier molecular flexibility index (Phi) is 4.07. The molecule has 0 heterocycles. The Morgan fingerprint density at radius 3 is 2.80 bits per heavy atom. The molecule has 7 heteroatoms. The second kappa shape index (κ2) is 5.77. The second-order valence-corrected chi connectivity index (χ2v) is 4.87. The number of nitro benzene ring substituents is 1. The first kappa shape index (κ1) is 14.1. The highest BCUT2D eigenvalue weighted by atomic mass is 16.6. The highest BCUT2D eigenvalue weighted by Gasteiger charge is 2.32. The lowest BCUT2D eigenvalue weighted by atomic mass is 10.1. The average molecular weight is 278 g/mol. The van der Waals surface area contributed by atoms with Gasteiger partial charge in [-0.25, -0.2) is 0 Å². The molecule has 108 valence electrons. The standard InChI is InChI=1S/C13H18N4O3/c1-2-7-16(10-4-5-10)11-6-3-9(13(14)15-18)8-12(11)17(19)20/h3,6,8,10,18H,2,4-5,7H2,1H3,(H2,14,15).